The Labute approximate surface area is 291 Å². The Morgan fingerprint density at radius 2 is 0.875 bits per heavy atom. The third kappa shape index (κ3) is 11.4. The van der Waals surface area contributed by atoms with Crippen LogP contribution in [0.4, 0.5) is 11.4 Å². The van der Waals surface area contributed by atoms with Crippen LogP contribution in [0.1, 0.15) is 37.8 Å². The average Bonchev–Trinajstić information content (AvgIpc) is 3.12. The molecule has 4 aromatic carbocycles. The molecule has 4 aromatic rings. The Morgan fingerprint density at radius 1 is 0.521 bits per heavy atom. The minimum absolute atomic E-state index is 0.178. The first-order valence-electron chi connectivity index (χ1n) is 15.3. The van der Waals surface area contributed by atoms with Gasteiger partial charge in [0.05, 0.1) is 0 Å². The van der Waals surface area contributed by atoms with Gasteiger partial charge in [-0.1, -0.05) is 74.5 Å². The summed E-state index contributed by atoms with van der Waals surface area (Å²) in [6.45, 7) is 3.88. The van der Waals surface area contributed by atoms with E-state index in [0.717, 1.165) is 35.3 Å². The Morgan fingerprint density at radius 3 is 1.21 bits per heavy atom. The molecule has 0 aliphatic rings. The molecule has 0 heterocycles. The van der Waals surface area contributed by atoms with Gasteiger partial charge in [0, 0.05) is 11.4 Å². The molecule has 10 nitrogen and oxygen atoms in total. The predicted molar refractivity (Wildman–Crippen MR) is 199 cm³/mol. The lowest BCUT2D eigenvalue weighted by Gasteiger charge is -2.16. The molecule has 0 spiro atoms. The van der Waals surface area contributed by atoms with Crippen molar-refractivity contribution >= 4 is 69.0 Å². The van der Waals surface area contributed by atoms with Gasteiger partial charge >= 0.3 is 0 Å². The van der Waals surface area contributed by atoms with E-state index in [0.29, 0.717) is 11.5 Å². The number of amides is 2. The number of carbonyl (C=O) groups is 2. The molecular weight excluding hydrogens is 645 g/mol. The molecule has 4 rings (SSSR count). The summed E-state index contributed by atoms with van der Waals surface area (Å²) in [4.78, 5) is 24.5. The summed E-state index contributed by atoms with van der Waals surface area (Å²) in [5.74, 6) is 0.400. The number of para-hydroxylation sites is 2. The first-order chi connectivity index (χ1) is 23.3. The van der Waals surface area contributed by atoms with Crippen LogP contribution < -0.4 is 41.8 Å². The van der Waals surface area contributed by atoms with Gasteiger partial charge < -0.3 is 20.1 Å². The average molecular weight is 683 g/mol. The number of hydrogen-bond acceptors (Lipinski definition) is 6. The minimum Gasteiger partial charge on any atom is -0.484 e. The predicted octanol–water partition coefficient (Wildman–Crippen LogP) is 6.21. The van der Waals surface area contributed by atoms with Crippen molar-refractivity contribution in [2.24, 2.45) is 0 Å². The number of benzene rings is 4. The first kappa shape index (κ1) is 35.4. The number of allylic oxidation sites excluding steroid dienone is 2. The van der Waals surface area contributed by atoms with Gasteiger partial charge in [0.2, 0.25) is 0 Å². The van der Waals surface area contributed by atoms with Crippen LogP contribution in [0.2, 0.25) is 0 Å². The van der Waals surface area contributed by atoms with E-state index in [1.807, 2.05) is 109 Å². The summed E-state index contributed by atoms with van der Waals surface area (Å²) in [5, 5.41) is 6.48. The molecule has 0 aliphatic carbocycles. The topological polar surface area (TPSA) is 125 Å². The second-order valence-electron chi connectivity index (χ2n) is 10.3. The fraction of sp³-hybridized carbons (Fsp3) is 0.167. The maximum atomic E-state index is 12.3. The third-order valence-electron chi connectivity index (χ3n) is 6.91. The number of hydrazine groups is 2. The number of thiocarbonyl (C=S) groups is 2. The van der Waals surface area contributed by atoms with Gasteiger partial charge in [0.15, 0.2) is 23.4 Å². The first-order valence-corrected chi connectivity index (χ1v) is 16.2. The fourth-order valence-corrected chi connectivity index (χ4v) is 5.02. The SMILES string of the molecule is CC/C(=C(/CC)c1ccc(OCC(=O)NNC(=S)Nc2ccccc2)cc1)c1ccc(OCC(=O)NNC(=S)Nc2ccccc2)cc1. The summed E-state index contributed by atoms with van der Waals surface area (Å²) < 4.78 is 11.3. The quantitative estimate of drug-likeness (QED) is 0.0584. The van der Waals surface area contributed by atoms with Gasteiger partial charge in [0.25, 0.3) is 11.8 Å². The zero-order valence-electron chi connectivity index (χ0n) is 26.7. The lowest BCUT2D eigenvalue weighted by atomic mass is 9.91. The summed E-state index contributed by atoms with van der Waals surface area (Å²) in [5.41, 5.74) is 16.5. The van der Waals surface area contributed by atoms with Crippen molar-refractivity contribution in [1.82, 2.24) is 21.7 Å². The number of carbonyl (C=O) groups excluding carboxylic acids is 2. The molecular formula is C36H38N6O4S2. The van der Waals surface area contributed by atoms with Crippen molar-refractivity contribution in [2.75, 3.05) is 23.8 Å². The Bertz CT molecular complexity index is 1570. The van der Waals surface area contributed by atoms with Crippen LogP contribution >= 0.6 is 24.4 Å². The van der Waals surface area contributed by atoms with Gasteiger partial charge in [0.1, 0.15) is 11.5 Å². The smallest absolute Gasteiger partial charge is 0.276 e. The minimum atomic E-state index is -0.372. The summed E-state index contributed by atoms with van der Waals surface area (Å²) in [6.07, 6.45) is 1.64. The number of hydrogen-bond donors (Lipinski definition) is 6. The summed E-state index contributed by atoms with van der Waals surface area (Å²) in [7, 11) is 0. The number of ether oxygens (including phenoxy) is 2. The van der Waals surface area contributed by atoms with Gasteiger partial charge in [-0.25, -0.2) is 0 Å². The molecule has 0 bridgehead atoms. The van der Waals surface area contributed by atoms with Crippen LogP contribution in [0.25, 0.3) is 11.1 Å². The molecule has 6 N–H and O–H groups in total. The van der Waals surface area contributed by atoms with Crippen LogP contribution in [0, 0.1) is 0 Å². The zero-order valence-corrected chi connectivity index (χ0v) is 28.3. The van der Waals surface area contributed by atoms with E-state index in [4.69, 9.17) is 33.9 Å². The van der Waals surface area contributed by atoms with Crippen molar-refractivity contribution in [2.45, 2.75) is 26.7 Å². The second-order valence-corrected chi connectivity index (χ2v) is 11.1. The maximum absolute atomic E-state index is 12.3. The summed E-state index contributed by atoms with van der Waals surface area (Å²) in [6, 6.07) is 34.2. The molecule has 12 heteroatoms. The standard InChI is InChI=1S/C36H38N6O4S2/c1-3-31(25-15-19-29(20-16-25)45-23-33(43)39-41-35(47)37-27-11-7-5-8-12-27)32(4-2)26-17-21-30(22-18-26)46-24-34(44)40-42-36(48)38-28-13-9-6-10-14-28/h5-22H,3-4,23-24H2,1-2H3,(H,39,43)(H,40,44)(H2,37,41,47)(H2,38,42,48)/b32-31+. The van der Waals surface area contributed by atoms with Crippen LogP contribution in [0.15, 0.2) is 109 Å². The van der Waals surface area contributed by atoms with E-state index in [1.54, 1.807) is 0 Å². The van der Waals surface area contributed by atoms with Crippen LogP contribution in [0.3, 0.4) is 0 Å². The normalized spacial score (nSPS) is 10.9. The van der Waals surface area contributed by atoms with Crippen molar-refractivity contribution in [3.8, 4) is 11.5 Å². The molecule has 0 aliphatic heterocycles. The Kier molecular flexibility index (Phi) is 13.7. The van der Waals surface area contributed by atoms with Crippen LogP contribution in [-0.4, -0.2) is 35.3 Å². The van der Waals surface area contributed by atoms with Gasteiger partial charge in [-0.3, -0.25) is 31.3 Å². The number of anilines is 2. The van der Waals surface area contributed by atoms with E-state index < -0.39 is 0 Å². The van der Waals surface area contributed by atoms with E-state index in [-0.39, 0.29) is 35.3 Å². The molecule has 0 radical (unpaired) electrons. The monoisotopic (exact) mass is 682 g/mol. The molecule has 0 unspecified atom stereocenters. The van der Waals surface area contributed by atoms with Crippen LogP contribution in [0.5, 0.6) is 11.5 Å². The Hall–Kier alpha value is -5.46. The van der Waals surface area contributed by atoms with Crippen molar-refractivity contribution in [3.05, 3.63) is 120 Å². The molecule has 2 amide bonds. The lowest BCUT2D eigenvalue weighted by molar-refractivity contribution is -0.124. The van der Waals surface area contributed by atoms with Gasteiger partial charge in [-0.2, -0.15) is 0 Å². The Balaban J connectivity index is 1.25. The van der Waals surface area contributed by atoms with Crippen LogP contribution in [-0.2, 0) is 9.59 Å². The molecule has 248 valence electrons. The highest BCUT2D eigenvalue weighted by Crippen LogP contribution is 2.33. The van der Waals surface area contributed by atoms with Crippen molar-refractivity contribution in [3.63, 3.8) is 0 Å². The van der Waals surface area contributed by atoms with Crippen molar-refractivity contribution < 1.29 is 19.1 Å². The van der Waals surface area contributed by atoms with Gasteiger partial charge in [-0.15, -0.1) is 0 Å². The maximum Gasteiger partial charge on any atom is 0.276 e. The van der Waals surface area contributed by atoms with E-state index in [2.05, 4.69) is 46.2 Å². The van der Waals surface area contributed by atoms with E-state index in [9.17, 15) is 9.59 Å². The zero-order chi connectivity index (χ0) is 34.1. The fourth-order valence-electron chi connectivity index (χ4n) is 4.68. The molecule has 0 saturated heterocycles. The molecule has 0 atom stereocenters. The van der Waals surface area contributed by atoms with Gasteiger partial charge in [-0.05, 0) is 108 Å². The van der Waals surface area contributed by atoms with Crippen molar-refractivity contribution in [1.29, 1.82) is 0 Å². The highest BCUT2D eigenvalue weighted by Gasteiger charge is 2.11. The second kappa shape index (κ2) is 18.6. The highest BCUT2D eigenvalue weighted by molar-refractivity contribution is 7.80. The van der Waals surface area contributed by atoms with E-state index >= 15 is 0 Å². The number of nitrogens with one attached hydrogen (secondary N) is 6. The van der Waals surface area contributed by atoms with E-state index in [1.165, 1.54) is 11.1 Å². The largest absolute Gasteiger partial charge is 0.484 e. The molecule has 48 heavy (non-hydrogen) atoms. The summed E-state index contributed by atoms with van der Waals surface area (Å²) >= 11 is 10.4. The third-order valence-corrected chi connectivity index (χ3v) is 7.32. The lowest BCUT2D eigenvalue weighted by Crippen LogP contribution is -2.45. The number of rotatable bonds is 12. The molecule has 0 aromatic heterocycles. The highest BCUT2D eigenvalue weighted by atomic mass is 32.1. The molecule has 0 saturated carbocycles. The molecule has 0 fully saturated rings.